The fourth-order valence-corrected chi connectivity index (χ4v) is 4.21. The van der Waals surface area contributed by atoms with Gasteiger partial charge in [0.25, 0.3) is 0 Å². The lowest BCUT2D eigenvalue weighted by molar-refractivity contribution is 0.311. The highest BCUT2D eigenvalue weighted by Gasteiger charge is 2.30. The summed E-state index contributed by atoms with van der Waals surface area (Å²) < 4.78 is 8.30. The van der Waals surface area contributed by atoms with E-state index < -0.39 is 0 Å². The second kappa shape index (κ2) is 6.96. The van der Waals surface area contributed by atoms with Crippen LogP contribution >= 0.6 is 0 Å². The van der Waals surface area contributed by atoms with Crippen molar-refractivity contribution >= 4 is 16.5 Å². The first-order valence-electron chi connectivity index (χ1n) is 10.2. The van der Waals surface area contributed by atoms with Gasteiger partial charge in [0.15, 0.2) is 6.17 Å². The van der Waals surface area contributed by atoms with Gasteiger partial charge in [-0.25, -0.2) is 4.68 Å². The summed E-state index contributed by atoms with van der Waals surface area (Å²) in [7, 11) is 0. The van der Waals surface area contributed by atoms with Crippen LogP contribution in [0, 0.1) is 13.8 Å². The Labute approximate surface area is 171 Å². The van der Waals surface area contributed by atoms with E-state index in [-0.39, 0.29) is 6.17 Å². The molecule has 4 heteroatoms. The van der Waals surface area contributed by atoms with Crippen molar-refractivity contribution in [2.24, 2.45) is 0 Å². The van der Waals surface area contributed by atoms with E-state index in [0.29, 0.717) is 6.61 Å². The van der Waals surface area contributed by atoms with Gasteiger partial charge < -0.3 is 10.1 Å². The van der Waals surface area contributed by atoms with Gasteiger partial charge in [0.2, 0.25) is 0 Å². The monoisotopic (exact) mass is 383 g/mol. The van der Waals surface area contributed by atoms with E-state index >= 15 is 0 Å². The SMILES string of the molecule is CCCOc1ccc2ccccc2c1C1Nc2ccc(C)cc2-c2cc(C)nn21. The molecular formula is C25H25N3O. The van der Waals surface area contributed by atoms with Crippen LogP contribution in [0.5, 0.6) is 5.75 Å². The van der Waals surface area contributed by atoms with Gasteiger partial charge in [-0.15, -0.1) is 0 Å². The van der Waals surface area contributed by atoms with Crippen molar-refractivity contribution in [3.63, 3.8) is 0 Å². The lowest BCUT2D eigenvalue weighted by Crippen LogP contribution is -2.26. The van der Waals surface area contributed by atoms with Crippen molar-refractivity contribution in [2.45, 2.75) is 33.4 Å². The Morgan fingerprint density at radius 1 is 1.03 bits per heavy atom. The van der Waals surface area contributed by atoms with Gasteiger partial charge in [-0.3, -0.25) is 0 Å². The van der Waals surface area contributed by atoms with E-state index in [9.17, 15) is 0 Å². The predicted octanol–water partition coefficient (Wildman–Crippen LogP) is 6.08. The van der Waals surface area contributed by atoms with Crippen LogP contribution in [0.4, 0.5) is 5.69 Å². The van der Waals surface area contributed by atoms with Gasteiger partial charge in [-0.2, -0.15) is 5.10 Å². The van der Waals surface area contributed by atoms with Gasteiger partial charge in [-0.05, 0) is 55.3 Å². The summed E-state index contributed by atoms with van der Waals surface area (Å²) >= 11 is 0. The minimum Gasteiger partial charge on any atom is -0.493 e. The van der Waals surface area contributed by atoms with Crippen molar-refractivity contribution in [2.75, 3.05) is 11.9 Å². The van der Waals surface area contributed by atoms with Gasteiger partial charge >= 0.3 is 0 Å². The van der Waals surface area contributed by atoms with Crippen LogP contribution < -0.4 is 10.1 Å². The van der Waals surface area contributed by atoms with Crippen molar-refractivity contribution < 1.29 is 4.74 Å². The molecule has 1 aliphatic heterocycles. The molecule has 0 aliphatic carbocycles. The average molecular weight is 383 g/mol. The first-order valence-corrected chi connectivity index (χ1v) is 10.2. The molecule has 3 aromatic carbocycles. The number of aryl methyl sites for hydroxylation is 2. The highest BCUT2D eigenvalue weighted by Crippen LogP contribution is 2.43. The first kappa shape index (κ1) is 17.8. The van der Waals surface area contributed by atoms with Crippen LogP contribution in [-0.2, 0) is 0 Å². The lowest BCUT2D eigenvalue weighted by atomic mass is 9.97. The Hall–Kier alpha value is -3.27. The summed E-state index contributed by atoms with van der Waals surface area (Å²) in [5.41, 5.74) is 6.84. The lowest BCUT2D eigenvalue weighted by Gasteiger charge is -2.31. The largest absolute Gasteiger partial charge is 0.493 e. The Balaban J connectivity index is 1.76. The number of benzene rings is 3. The Kier molecular flexibility index (Phi) is 4.27. The highest BCUT2D eigenvalue weighted by atomic mass is 16.5. The summed E-state index contributed by atoms with van der Waals surface area (Å²) in [4.78, 5) is 0. The molecule has 1 atom stereocenters. The second-order valence-corrected chi connectivity index (χ2v) is 7.76. The van der Waals surface area contributed by atoms with Crippen LogP contribution in [0.2, 0.25) is 0 Å². The summed E-state index contributed by atoms with van der Waals surface area (Å²) in [5.74, 6) is 0.915. The molecular weight excluding hydrogens is 358 g/mol. The number of fused-ring (bicyclic) bond motifs is 4. The van der Waals surface area contributed by atoms with Crippen LogP contribution in [-0.4, -0.2) is 16.4 Å². The average Bonchev–Trinajstić information content (AvgIpc) is 3.13. The van der Waals surface area contributed by atoms with Crippen LogP contribution in [0.3, 0.4) is 0 Å². The van der Waals surface area contributed by atoms with Gasteiger partial charge in [0.1, 0.15) is 5.75 Å². The number of anilines is 1. The maximum absolute atomic E-state index is 6.20. The maximum Gasteiger partial charge on any atom is 0.151 e. The van der Waals surface area contributed by atoms with Gasteiger partial charge in [0, 0.05) is 16.8 Å². The molecule has 0 radical (unpaired) electrons. The number of nitrogens with zero attached hydrogens (tertiary/aromatic N) is 2. The molecule has 5 rings (SSSR count). The zero-order valence-corrected chi connectivity index (χ0v) is 17.1. The van der Waals surface area contributed by atoms with Crippen LogP contribution in [0.25, 0.3) is 22.0 Å². The third-order valence-corrected chi connectivity index (χ3v) is 5.51. The topological polar surface area (TPSA) is 39.1 Å². The fourth-order valence-electron chi connectivity index (χ4n) is 4.21. The van der Waals surface area contributed by atoms with Crippen LogP contribution in [0.15, 0.2) is 60.7 Å². The predicted molar refractivity (Wildman–Crippen MR) is 119 cm³/mol. The number of aromatic nitrogens is 2. The van der Waals surface area contributed by atoms with Crippen molar-refractivity contribution in [3.8, 4) is 17.0 Å². The van der Waals surface area contributed by atoms with Gasteiger partial charge in [-0.1, -0.05) is 48.9 Å². The number of hydrogen-bond donors (Lipinski definition) is 1. The number of rotatable bonds is 4. The van der Waals surface area contributed by atoms with Crippen molar-refractivity contribution in [1.29, 1.82) is 0 Å². The van der Waals surface area contributed by atoms with Crippen molar-refractivity contribution in [3.05, 3.63) is 77.5 Å². The molecule has 0 fully saturated rings. The molecule has 0 bridgehead atoms. The number of nitrogens with one attached hydrogen (secondary N) is 1. The fraction of sp³-hybridized carbons (Fsp3) is 0.240. The number of hydrogen-bond acceptors (Lipinski definition) is 3. The molecule has 29 heavy (non-hydrogen) atoms. The number of ether oxygens (including phenoxy) is 1. The second-order valence-electron chi connectivity index (χ2n) is 7.76. The van der Waals surface area contributed by atoms with E-state index in [4.69, 9.17) is 9.84 Å². The molecule has 1 aromatic heterocycles. The molecule has 0 spiro atoms. The minimum atomic E-state index is -0.133. The Morgan fingerprint density at radius 3 is 2.76 bits per heavy atom. The standard InChI is InChI=1S/C25H25N3O/c1-4-13-29-23-12-10-18-7-5-6-8-19(18)24(23)25-26-21-11-9-16(2)14-20(21)22-15-17(3)27-28(22)25/h5-12,14-15,25-26H,4,13H2,1-3H3. The first-order chi connectivity index (χ1) is 14.2. The summed E-state index contributed by atoms with van der Waals surface area (Å²) in [6.45, 7) is 7.00. The molecule has 1 aliphatic rings. The molecule has 2 heterocycles. The Bertz CT molecular complexity index is 1210. The minimum absolute atomic E-state index is 0.133. The van der Waals surface area contributed by atoms with Crippen LogP contribution in [0.1, 0.15) is 36.3 Å². The zero-order valence-electron chi connectivity index (χ0n) is 17.1. The van der Waals surface area contributed by atoms with E-state index in [2.05, 4.69) is 91.4 Å². The summed E-state index contributed by atoms with van der Waals surface area (Å²) in [5, 5.41) is 11.0. The highest BCUT2D eigenvalue weighted by molar-refractivity contribution is 5.90. The summed E-state index contributed by atoms with van der Waals surface area (Å²) in [6, 6.07) is 21.4. The van der Waals surface area contributed by atoms with E-state index in [1.807, 2.05) is 0 Å². The van der Waals surface area contributed by atoms with E-state index in [1.54, 1.807) is 0 Å². The van der Waals surface area contributed by atoms with E-state index in [1.165, 1.54) is 21.9 Å². The molecule has 0 saturated carbocycles. The molecule has 1 unspecified atom stereocenters. The third kappa shape index (κ3) is 2.96. The third-order valence-electron chi connectivity index (χ3n) is 5.51. The smallest absolute Gasteiger partial charge is 0.151 e. The summed E-state index contributed by atoms with van der Waals surface area (Å²) in [6.07, 6.45) is 0.838. The quantitative estimate of drug-likeness (QED) is 0.464. The molecule has 1 N–H and O–H groups in total. The molecule has 146 valence electrons. The maximum atomic E-state index is 6.20. The van der Waals surface area contributed by atoms with Gasteiger partial charge in [0.05, 0.1) is 18.0 Å². The zero-order chi connectivity index (χ0) is 20.0. The molecule has 4 nitrogen and oxygen atoms in total. The normalized spacial score (nSPS) is 14.9. The molecule has 0 saturated heterocycles. The van der Waals surface area contributed by atoms with Crippen molar-refractivity contribution in [1.82, 2.24) is 9.78 Å². The molecule has 4 aromatic rings. The Morgan fingerprint density at radius 2 is 1.90 bits per heavy atom. The van der Waals surface area contributed by atoms with E-state index in [0.717, 1.165) is 34.8 Å². The molecule has 0 amide bonds.